The first-order valence-electron chi connectivity index (χ1n) is 9.78. The zero-order valence-corrected chi connectivity index (χ0v) is 18.1. The number of carbonyl (C=O) groups is 1. The number of fused-ring (bicyclic) bond motifs is 2. The SMILES string of the molecule is CC(C)(C)OC(=O)N1[C@@H]2C[C@@H]2C[C@H]1c1nc(-c2cnc3cc(Br)ccc3n2)c[nH]1. The summed E-state index contributed by atoms with van der Waals surface area (Å²) in [7, 11) is 0. The Labute approximate surface area is 177 Å². The van der Waals surface area contributed by atoms with Gasteiger partial charge in [0.05, 0.1) is 23.3 Å². The molecular formula is C21H22BrN5O2. The van der Waals surface area contributed by atoms with E-state index >= 15 is 0 Å². The minimum atomic E-state index is -0.515. The van der Waals surface area contributed by atoms with Crippen LogP contribution in [0, 0.1) is 5.92 Å². The molecular weight excluding hydrogens is 434 g/mol. The van der Waals surface area contributed by atoms with Crippen molar-refractivity contribution < 1.29 is 9.53 Å². The van der Waals surface area contributed by atoms with Crippen molar-refractivity contribution in [3.63, 3.8) is 0 Å². The fraction of sp³-hybridized carbons (Fsp3) is 0.429. The lowest BCUT2D eigenvalue weighted by Gasteiger charge is -2.29. The molecule has 1 aromatic carbocycles. The van der Waals surface area contributed by atoms with E-state index in [4.69, 9.17) is 9.72 Å². The van der Waals surface area contributed by atoms with Gasteiger partial charge in [-0.3, -0.25) is 9.88 Å². The third-order valence-corrected chi connectivity index (χ3v) is 5.88. The van der Waals surface area contributed by atoms with Crippen LogP contribution in [-0.2, 0) is 4.74 Å². The molecule has 8 heteroatoms. The first kappa shape index (κ1) is 18.5. The van der Waals surface area contributed by atoms with Gasteiger partial charge in [0.1, 0.15) is 22.8 Å². The number of ether oxygens (including phenoxy) is 1. The number of hydrogen-bond donors (Lipinski definition) is 1. The molecule has 2 fully saturated rings. The number of nitrogens with one attached hydrogen (secondary N) is 1. The summed E-state index contributed by atoms with van der Waals surface area (Å²) >= 11 is 3.45. The summed E-state index contributed by atoms with van der Waals surface area (Å²) in [5, 5.41) is 0. The standard InChI is InChI=1S/C21H22BrN5O2/c1-21(2,3)29-20(28)27-17-6-11(17)7-18(27)19-24-10-16(26-19)15-9-23-14-8-12(22)4-5-13(14)25-15/h4-5,8-11,17-18H,6-7H2,1-3H3,(H,24,26)/t11-,17-,18+/m1/s1. The number of halogens is 1. The smallest absolute Gasteiger partial charge is 0.411 e. The average Bonchev–Trinajstić information content (AvgIpc) is 3.09. The molecule has 5 rings (SSSR count). The molecule has 150 valence electrons. The molecule has 0 radical (unpaired) electrons. The number of nitrogens with zero attached hydrogens (tertiary/aromatic N) is 4. The summed E-state index contributed by atoms with van der Waals surface area (Å²) in [6.07, 6.45) is 5.26. The van der Waals surface area contributed by atoms with Gasteiger partial charge in [-0.1, -0.05) is 15.9 Å². The number of H-pyrrole nitrogens is 1. The molecule has 1 saturated heterocycles. The van der Waals surface area contributed by atoms with Crippen molar-refractivity contribution in [2.45, 2.75) is 51.3 Å². The van der Waals surface area contributed by atoms with Gasteiger partial charge >= 0.3 is 6.09 Å². The number of imidazole rings is 1. The van der Waals surface area contributed by atoms with Gasteiger partial charge in [-0.15, -0.1) is 0 Å². The van der Waals surface area contributed by atoms with E-state index < -0.39 is 5.60 Å². The van der Waals surface area contributed by atoms with Crippen LogP contribution in [0.25, 0.3) is 22.4 Å². The summed E-state index contributed by atoms with van der Waals surface area (Å²) < 4.78 is 6.61. The van der Waals surface area contributed by atoms with E-state index in [0.717, 1.165) is 39.9 Å². The van der Waals surface area contributed by atoms with Gasteiger partial charge < -0.3 is 9.72 Å². The number of aromatic amines is 1. The van der Waals surface area contributed by atoms with Crippen LogP contribution in [0.2, 0.25) is 0 Å². The fourth-order valence-corrected chi connectivity index (χ4v) is 4.37. The molecule has 1 aliphatic carbocycles. The van der Waals surface area contributed by atoms with Gasteiger partial charge in [0.2, 0.25) is 0 Å². The third kappa shape index (κ3) is 3.50. The third-order valence-electron chi connectivity index (χ3n) is 5.39. The molecule has 3 aromatic rings. The van der Waals surface area contributed by atoms with Crippen LogP contribution < -0.4 is 0 Å². The van der Waals surface area contributed by atoms with E-state index in [0.29, 0.717) is 11.6 Å². The van der Waals surface area contributed by atoms with Crippen LogP contribution in [0.3, 0.4) is 0 Å². The van der Waals surface area contributed by atoms with Crippen molar-refractivity contribution in [2.75, 3.05) is 0 Å². The lowest BCUT2D eigenvalue weighted by Crippen LogP contribution is -2.38. The fourth-order valence-electron chi connectivity index (χ4n) is 4.02. The Hall–Kier alpha value is -2.48. The van der Waals surface area contributed by atoms with Crippen LogP contribution in [0.15, 0.2) is 35.1 Å². The maximum atomic E-state index is 12.8. The molecule has 1 saturated carbocycles. The van der Waals surface area contributed by atoms with Gasteiger partial charge in [-0.25, -0.2) is 14.8 Å². The van der Waals surface area contributed by atoms with Crippen molar-refractivity contribution in [1.29, 1.82) is 0 Å². The Balaban J connectivity index is 1.42. The molecule has 2 aromatic heterocycles. The highest BCUT2D eigenvalue weighted by molar-refractivity contribution is 9.10. The van der Waals surface area contributed by atoms with Crippen LogP contribution in [-0.4, -0.2) is 42.6 Å². The first-order valence-corrected chi connectivity index (χ1v) is 10.6. The summed E-state index contributed by atoms with van der Waals surface area (Å²) in [6.45, 7) is 5.67. The van der Waals surface area contributed by atoms with Crippen LogP contribution in [0.5, 0.6) is 0 Å². The van der Waals surface area contributed by atoms with E-state index in [2.05, 4.69) is 30.9 Å². The predicted molar refractivity (Wildman–Crippen MR) is 112 cm³/mol. The molecule has 1 aliphatic heterocycles. The molecule has 1 N–H and O–H groups in total. The Morgan fingerprint density at radius 3 is 2.83 bits per heavy atom. The molecule has 1 amide bonds. The van der Waals surface area contributed by atoms with E-state index in [1.807, 2.05) is 50.1 Å². The van der Waals surface area contributed by atoms with Crippen LogP contribution in [0.4, 0.5) is 4.79 Å². The lowest BCUT2D eigenvalue weighted by molar-refractivity contribution is 0.0175. The monoisotopic (exact) mass is 455 g/mol. The molecule has 3 atom stereocenters. The van der Waals surface area contributed by atoms with Gasteiger partial charge in [0, 0.05) is 16.7 Å². The largest absolute Gasteiger partial charge is 0.444 e. The van der Waals surface area contributed by atoms with Crippen LogP contribution >= 0.6 is 15.9 Å². The molecule has 0 spiro atoms. The first-order chi connectivity index (χ1) is 13.8. The minimum Gasteiger partial charge on any atom is -0.444 e. The Bertz CT molecular complexity index is 1110. The molecule has 3 heterocycles. The Morgan fingerprint density at radius 1 is 1.21 bits per heavy atom. The maximum Gasteiger partial charge on any atom is 0.411 e. The van der Waals surface area contributed by atoms with Crippen molar-refractivity contribution in [3.05, 3.63) is 40.9 Å². The number of benzene rings is 1. The number of amides is 1. The molecule has 29 heavy (non-hydrogen) atoms. The number of carbonyl (C=O) groups excluding carboxylic acids is 1. The summed E-state index contributed by atoms with van der Waals surface area (Å²) in [5.74, 6) is 1.32. The lowest BCUT2D eigenvalue weighted by atomic mass is 10.1. The molecule has 7 nitrogen and oxygen atoms in total. The zero-order chi connectivity index (χ0) is 20.3. The number of likely N-dealkylation sites (tertiary alicyclic amines) is 1. The maximum absolute atomic E-state index is 12.8. The van der Waals surface area contributed by atoms with Crippen molar-refractivity contribution in [3.8, 4) is 11.4 Å². The normalized spacial score (nSPS) is 23.3. The van der Waals surface area contributed by atoms with Crippen LogP contribution in [0.1, 0.15) is 45.5 Å². The van der Waals surface area contributed by atoms with Gasteiger partial charge in [-0.2, -0.15) is 0 Å². The highest BCUT2D eigenvalue weighted by Gasteiger charge is 2.56. The minimum absolute atomic E-state index is 0.0910. The Kier molecular flexibility index (Phi) is 4.17. The van der Waals surface area contributed by atoms with Gasteiger partial charge in [0.25, 0.3) is 0 Å². The van der Waals surface area contributed by atoms with E-state index in [1.54, 1.807) is 6.20 Å². The topological polar surface area (TPSA) is 84.0 Å². The van der Waals surface area contributed by atoms with E-state index in [-0.39, 0.29) is 18.2 Å². The molecule has 0 bridgehead atoms. The van der Waals surface area contributed by atoms with Gasteiger partial charge in [0.15, 0.2) is 0 Å². The summed E-state index contributed by atoms with van der Waals surface area (Å²) in [4.78, 5) is 31.8. The highest BCUT2D eigenvalue weighted by atomic mass is 79.9. The zero-order valence-electron chi connectivity index (χ0n) is 16.5. The summed E-state index contributed by atoms with van der Waals surface area (Å²) in [5.41, 5.74) is 2.55. The average molecular weight is 456 g/mol. The van der Waals surface area contributed by atoms with Crippen molar-refractivity contribution in [1.82, 2.24) is 24.8 Å². The van der Waals surface area contributed by atoms with Crippen molar-refractivity contribution >= 4 is 33.1 Å². The number of hydrogen-bond acceptors (Lipinski definition) is 5. The quantitative estimate of drug-likeness (QED) is 0.596. The second-order valence-electron chi connectivity index (χ2n) is 8.76. The Morgan fingerprint density at radius 2 is 2.03 bits per heavy atom. The van der Waals surface area contributed by atoms with E-state index in [1.165, 1.54) is 0 Å². The van der Waals surface area contributed by atoms with Gasteiger partial charge in [-0.05, 0) is 57.7 Å². The highest BCUT2D eigenvalue weighted by Crippen LogP contribution is 2.53. The second-order valence-corrected chi connectivity index (χ2v) is 9.68. The second kappa shape index (κ2) is 6.52. The van der Waals surface area contributed by atoms with Crippen molar-refractivity contribution in [2.24, 2.45) is 5.92 Å². The summed E-state index contributed by atoms with van der Waals surface area (Å²) in [6, 6.07) is 5.98. The molecule has 0 unspecified atom stereocenters. The van der Waals surface area contributed by atoms with E-state index in [9.17, 15) is 4.79 Å². The number of aromatic nitrogens is 4. The molecule has 2 aliphatic rings. The predicted octanol–water partition coefficient (Wildman–Crippen LogP) is 4.85. The number of piperidine rings is 1. The number of rotatable bonds is 2.